The summed E-state index contributed by atoms with van der Waals surface area (Å²) in [4.78, 5) is 0. The van der Waals surface area contributed by atoms with E-state index < -0.39 is 0 Å². The van der Waals surface area contributed by atoms with Gasteiger partial charge in [-0.3, -0.25) is 0 Å². The van der Waals surface area contributed by atoms with E-state index in [1.807, 2.05) is 12.1 Å². The van der Waals surface area contributed by atoms with E-state index in [9.17, 15) is 0 Å². The van der Waals surface area contributed by atoms with Gasteiger partial charge in [0.1, 0.15) is 5.75 Å². The lowest BCUT2D eigenvalue weighted by molar-refractivity contribution is 0.305. The van der Waals surface area contributed by atoms with Crippen LogP contribution < -0.4 is 10.1 Å². The molecular formula is C14H23NO. The molecule has 0 aromatic heterocycles. The Morgan fingerprint density at radius 1 is 1.25 bits per heavy atom. The minimum Gasteiger partial charge on any atom is -0.494 e. The molecule has 2 nitrogen and oxygen atoms in total. The first kappa shape index (κ1) is 13.0. The Hall–Kier alpha value is -1.02. The zero-order valence-corrected chi connectivity index (χ0v) is 10.6. The Balaban J connectivity index is 2.09. The van der Waals surface area contributed by atoms with Crippen LogP contribution in [0, 0.1) is 6.92 Å². The van der Waals surface area contributed by atoms with Crippen LogP contribution in [0.3, 0.4) is 0 Å². The standard InChI is InChI=1S/C14H23NO/c1-4-13(3)15-10-5-11-16-14-8-6-12(2)7-9-14/h6-9,13,15H,4-5,10-11H2,1-3H3/t13-/m0/s1. The SMILES string of the molecule is CC[C@H](C)NCCCOc1ccc(C)cc1. The highest BCUT2D eigenvalue weighted by molar-refractivity contribution is 5.26. The monoisotopic (exact) mass is 221 g/mol. The summed E-state index contributed by atoms with van der Waals surface area (Å²) in [5.41, 5.74) is 1.27. The van der Waals surface area contributed by atoms with Gasteiger partial charge in [0.2, 0.25) is 0 Å². The van der Waals surface area contributed by atoms with E-state index in [2.05, 4.69) is 38.2 Å². The van der Waals surface area contributed by atoms with Crippen LogP contribution in [0.25, 0.3) is 0 Å². The summed E-state index contributed by atoms with van der Waals surface area (Å²) in [6.07, 6.45) is 2.23. The van der Waals surface area contributed by atoms with Gasteiger partial charge in [0.05, 0.1) is 6.61 Å². The Morgan fingerprint density at radius 3 is 2.56 bits per heavy atom. The quantitative estimate of drug-likeness (QED) is 0.714. The molecule has 0 bridgehead atoms. The molecule has 1 aromatic rings. The third-order valence-electron chi connectivity index (χ3n) is 2.72. The summed E-state index contributed by atoms with van der Waals surface area (Å²) in [6, 6.07) is 8.81. The van der Waals surface area contributed by atoms with Crippen molar-refractivity contribution < 1.29 is 4.74 Å². The summed E-state index contributed by atoms with van der Waals surface area (Å²) >= 11 is 0. The van der Waals surface area contributed by atoms with Crippen LogP contribution in [0.5, 0.6) is 5.75 Å². The highest BCUT2D eigenvalue weighted by atomic mass is 16.5. The second-order valence-electron chi connectivity index (χ2n) is 4.28. The lowest BCUT2D eigenvalue weighted by Crippen LogP contribution is -2.27. The Morgan fingerprint density at radius 2 is 1.94 bits per heavy atom. The minimum absolute atomic E-state index is 0.611. The molecule has 1 rings (SSSR count). The molecule has 1 N–H and O–H groups in total. The van der Waals surface area contributed by atoms with Crippen LogP contribution in [0.1, 0.15) is 32.3 Å². The molecule has 1 atom stereocenters. The van der Waals surface area contributed by atoms with Crippen LogP contribution in [-0.4, -0.2) is 19.2 Å². The average molecular weight is 221 g/mol. The van der Waals surface area contributed by atoms with E-state index in [-0.39, 0.29) is 0 Å². The molecule has 16 heavy (non-hydrogen) atoms. The van der Waals surface area contributed by atoms with Gasteiger partial charge in [-0.1, -0.05) is 24.6 Å². The number of benzene rings is 1. The predicted octanol–water partition coefficient (Wildman–Crippen LogP) is 3.15. The predicted molar refractivity (Wildman–Crippen MR) is 69.0 cm³/mol. The first-order chi connectivity index (χ1) is 7.72. The highest BCUT2D eigenvalue weighted by Gasteiger charge is 1.97. The topological polar surface area (TPSA) is 21.3 Å². The van der Waals surface area contributed by atoms with Gasteiger partial charge in [0, 0.05) is 6.04 Å². The van der Waals surface area contributed by atoms with Crippen molar-refractivity contribution in [3.05, 3.63) is 29.8 Å². The van der Waals surface area contributed by atoms with Crippen molar-refractivity contribution >= 4 is 0 Å². The van der Waals surface area contributed by atoms with Gasteiger partial charge in [0.15, 0.2) is 0 Å². The highest BCUT2D eigenvalue weighted by Crippen LogP contribution is 2.11. The summed E-state index contributed by atoms with van der Waals surface area (Å²) in [5, 5.41) is 3.45. The zero-order chi connectivity index (χ0) is 11.8. The van der Waals surface area contributed by atoms with Crippen molar-refractivity contribution in [1.29, 1.82) is 0 Å². The van der Waals surface area contributed by atoms with Gasteiger partial charge >= 0.3 is 0 Å². The smallest absolute Gasteiger partial charge is 0.119 e. The van der Waals surface area contributed by atoms with Gasteiger partial charge < -0.3 is 10.1 Å². The lowest BCUT2D eigenvalue weighted by atomic mass is 10.2. The minimum atomic E-state index is 0.611. The van der Waals surface area contributed by atoms with Crippen molar-refractivity contribution in [2.75, 3.05) is 13.2 Å². The Kier molecular flexibility index (Phi) is 5.94. The van der Waals surface area contributed by atoms with Crippen LogP contribution >= 0.6 is 0 Å². The summed E-state index contributed by atoms with van der Waals surface area (Å²) in [6.45, 7) is 8.30. The van der Waals surface area contributed by atoms with Gasteiger partial charge in [-0.05, 0) is 45.4 Å². The third kappa shape index (κ3) is 5.17. The van der Waals surface area contributed by atoms with Gasteiger partial charge in [0.25, 0.3) is 0 Å². The normalized spacial score (nSPS) is 12.4. The molecule has 0 aliphatic heterocycles. The van der Waals surface area contributed by atoms with E-state index in [0.29, 0.717) is 6.04 Å². The average Bonchev–Trinajstić information content (AvgIpc) is 2.31. The maximum absolute atomic E-state index is 5.64. The van der Waals surface area contributed by atoms with E-state index in [0.717, 1.165) is 25.3 Å². The molecule has 0 saturated heterocycles. The maximum Gasteiger partial charge on any atom is 0.119 e. The number of ether oxygens (including phenoxy) is 1. The van der Waals surface area contributed by atoms with Crippen molar-refractivity contribution in [3.63, 3.8) is 0 Å². The number of hydrogen-bond donors (Lipinski definition) is 1. The fourth-order valence-corrected chi connectivity index (χ4v) is 1.39. The molecular weight excluding hydrogens is 198 g/mol. The Labute approximate surface area is 99.0 Å². The van der Waals surface area contributed by atoms with Crippen molar-refractivity contribution in [2.45, 2.75) is 39.7 Å². The molecule has 0 radical (unpaired) electrons. The zero-order valence-electron chi connectivity index (χ0n) is 10.6. The van der Waals surface area contributed by atoms with E-state index >= 15 is 0 Å². The van der Waals surface area contributed by atoms with Crippen LogP contribution in [0.2, 0.25) is 0 Å². The first-order valence-electron chi connectivity index (χ1n) is 6.15. The summed E-state index contributed by atoms with van der Waals surface area (Å²) in [7, 11) is 0. The molecule has 0 unspecified atom stereocenters. The molecule has 0 aliphatic carbocycles. The summed E-state index contributed by atoms with van der Waals surface area (Å²) < 4.78 is 5.64. The van der Waals surface area contributed by atoms with E-state index in [4.69, 9.17) is 4.74 Å². The van der Waals surface area contributed by atoms with Crippen LogP contribution in [0.15, 0.2) is 24.3 Å². The maximum atomic E-state index is 5.64. The number of hydrogen-bond acceptors (Lipinski definition) is 2. The third-order valence-corrected chi connectivity index (χ3v) is 2.72. The van der Waals surface area contributed by atoms with Gasteiger partial charge in [-0.15, -0.1) is 0 Å². The molecule has 0 fully saturated rings. The molecule has 0 spiro atoms. The molecule has 2 heteroatoms. The fraction of sp³-hybridized carbons (Fsp3) is 0.571. The number of nitrogens with one attached hydrogen (secondary N) is 1. The van der Waals surface area contributed by atoms with Gasteiger partial charge in [-0.25, -0.2) is 0 Å². The second-order valence-corrected chi connectivity index (χ2v) is 4.28. The van der Waals surface area contributed by atoms with Crippen LogP contribution in [-0.2, 0) is 0 Å². The van der Waals surface area contributed by atoms with E-state index in [1.54, 1.807) is 0 Å². The number of aryl methyl sites for hydroxylation is 1. The number of rotatable bonds is 7. The van der Waals surface area contributed by atoms with Crippen molar-refractivity contribution in [2.24, 2.45) is 0 Å². The molecule has 1 aromatic carbocycles. The largest absolute Gasteiger partial charge is 0.494 e. The Bertz CT molecular complexity index is 281. The molecule has 0 saturated carbocycles. The molecule has 90 valence electrons. The molecule has 0 amide bonds. The van der Waals surface area contributed by atoms with Crippen molar-refractivity contribution in [3.8, 4) is 5.75 Å². The molecule has 0 heterocycles. The fourth-order valence-electron chi connectivity index (χ4n) is 1.39. The lowest BCUT2D eigenvalue weighted by Gasteiger charge is -2.11. The van der Waals surface area contributed by atoms with E-state index in [1.165, 1.54) is 12.0 Å². The first-order valence-corrected chi connectivity index (χ1v) is 6.15. The van der Waals surface area contributed by atoms with Crippen molar-refractivity contribution in [1.82, 2.24) is 5.32 Å². The molecule has 0 aliphatic rings. The van der Waals surface area contributed by atoms with Crippen LogP contribution in [0.4, 0.5) is 0 Å². The second kappa shape index (κ2) is 7.29. The van der Waals surface area contributed by atoms with Gasteiger partial charge in [-0.2, -0.15) is 0 Å². The summed E-state index contributed by atoms with van der Waals surface area (Å²) in [5.74, 6) is 0.967.